The van der Waals surface area contributed by atoms with Crippen LogP contribution in [0.15, 0.2) is 72.1 Å². The Hall–Kier alpha value is -3.15. The number of hydrogen-bond acceptors (Lipinski definition) is 4. The Morgan fingerprint density at radius 3 is 2.58 bits per heavy atom. The highest BCUT2D eigenvalue weighted by Gasteiger charge is 2.11. The molecule has 0 bridgehead atoms. The van der Waals surface area contributed by atoms with E-state index in [0.717, 1.165) is 33.0 Å². The minimum atomic E-state index is -0.216. The third-order valence-electron chi connectivity index (χ3n) is 4.62. The molecule has 0 aliphatic carbocycles. The number of aryl methyl sites for hydroxylation is 2. The van der Waals surface area contributed by atoms with Crippen LogP contribution in [0, 0.1) is 13.8 Å². The van der Waals surface area contributed by atoms with E-state index in [4.69, 9.17) is 21.3 Å². The monoisotopic (exact) mass is 448 g/mol. The second kappa shape index (κ2) is 9.33. The van der Waals surface area contributed by atoms with E-state index in [1.165, 1.54) is 11.3 Å². The van der Waals surface area contributed by atoms with Crippen LogP contribution in [0.5, 0.6) is 5.75 Å². The smallest absolute Gasteiger partial charge is 0.262 e. The molecule has 4 aromatic rings. The molecule has 0 saturated heterocycles. The molecule has 6 heteroatoms. The highest BCUT2D eigenvalue weighted by atomic mass is 35.5. The van der Waals surface area contributed by atoms with Crippen LogP contribution in [0.3, 0.4) is 0 Å². The van der Waals surface area contributed by atoms with E-state index in [1.54, 1.807) is 0 Å². The third-order valence-corrected chi connectivity index (χ3v) is 5.82. The lowest BCUT2D eigenvalue weighted by Gasteiger charge is -2.09. The van der Waals surface area contributed by atoms with Crippen molar-refractivity contribution in [1.29, 1.82) is 0 Å². The zero-order chi connectivity index (χ0) is 21.8. The number of thiazole rings is 1. The number of aromatic nitrogens is 1. The maximum Gasteiger partial charge on any atom is 0.262 e. The van der Waals surface area contributed by atoms with E-state index >= 15 is 0 Å². The molecule has 0 fully saturated rings. The molecule has 0 unspecified atom stereocenters. The summed E-state index contributed by atoms with van der Waals surface area (Å²) < 4.78 is 5.64. The van der Waals surface area contributed by atoms with Gasteiger partial charge in [-0.25, -0.2) is 4.98 Å². The van der Waals surface area contributed by atoms with Gasteiger partial charge in [-0.05, 0) is 55.3 Å². The van der Waals surface area contributed by atoms with Gasteiger partial charge < -0.3 is 10.1 Å². The average Bonchev–Trinajstić information content (AvgIpc) is 3.22. The van der Waals surface area contributed by atoms with Crippen molar-refractivity contribution in [2.24, 2.45) is 0 Å². The molecule has 0 spiro atoms. The normalized spacial score (nSPS) is 10.7. The zero-order valence-corrected chi connectivity index (χ0v) is 18.8. The Morgan fingerprint density at radius 2 is 1.81 bits per heavy atom. The van der Waals surface area contributed by atoms with E-state index in [2.05, 4.69) is 11.4 Å². The molecule has 0 aliphatic rings. The average molecular weight is 449 g/mol. The number of amides is 1. The van der Waals surface area contributed by atoms with Crippen molar-refractivity contribution in [2.45, 2.75) is 13.8 Å². The molecule has 0 saturated carbocycles. The maximum atomic E-state index is 12.4. The molecular formula is C25H21ClN2O2S. The molecular weight excluding hydrogens is 428 g/mol. The van der Waals surface area contributed by atoms with Gasteiger partial charge in [-0.1, -0.05) is 48.0 Å². The van der Waals surface area contributed by atoms with Gasteiger partial charge in [0.1, 0.15) is 10.8 Å². The summed E-state index contributed by atoms with van der Waals surface area (Å²) in [6.07, 6.45) is 0. The van der Waals surface area contributed by atoms with Gasteiger partial charge in [-0.3, -0.25) is 4.79 Å². The summed E-state index contributed by atoms with van der Waals surface area (Å²) in [5.74, 6) is 0.474. The van der Waals surface area contributed by atoms with Crippen LogP contribution in [-0.2, 0) is 4.79 Å². The number of benzene rings is 3. The van der Waals surface area contributed by atoms with Crippen molar-refractivity contribution in [3.8, 4) is 27.6 Å². The van der Waals surface area contributed by atoms with Gasteiger partial charge in [0.05, 0.1) is 10.7 Å². The van der Waals surface area contributed by atoms with Crippen molar-refractivity contribution >= 4 is 34.5 Å². The van der Waals surface area contributed by atoms with Crippen molar-refractivity contribution in [2.75, 3.05) is 11.9 Å². The largest absolute Gasteiger partial charge is 0.484 e. The van der Waals surface area contributed by atoms with E-state index in [-0.39, 0.29) is 12.5 Å². The quantitative estimate of drug-likeness (QED) is 0.354. The van der Waals surface area contributed by atoms with Gasteiger partial charge in [0.15, 0.2) is 6.61 Å². The minimum absolute atomic E-state index is 0.0551. The second-order valence-corrected chi connectivity index (χ2v) is 8.52. The first-order valence-corrected chi connectivity index (χ1v) is 11.1. The molecule has 1 amide bonds. The van der Waals surface area contributed by atoms with Crippen molar-refractivity contribution in [1.82, 2.24) is 4.98 Å². The van der Waals surface area contributed by atoms with Crippen LogP contribution in [0.4, 0.5) is 5.69 Å². The minimum Gasteiger partial charge on any atom is -0.484 e. The lowest BCUT2D eigenvalue weighted by molar-refractivity contribution is -0.118. The SMILES string of the molecule is Cc1cc(C)cc(OCC(=O)Nc2cccc(-c3csc(-c4ccccc4Cl)n3)c2)c1. The number of halogens is 1. The molecule has 4 nitrogen and oxygen atoms in total. The summed E-state index contributed by atoms with van der Waals surface area (Å²) in [6, 6.07) is 21.2. The fraction of sp³-hybridized carbons (Fsp3) is 0.120. The van der Waals surface area contributed by atoms with Gasteiger partial charge in [0.25, 0.3) is 5.91 Å². The third kappa shape index (κ3) is 5.32. The summed E-state index contributed by atoms with van der Waals surface area (Å²) in [6.45, 7) is 3.95. The molecule has 0 atom stereocenters. The Morgan fingerprint density at radius 1 is 1.03 bits per heavy atom. The Labute approximate surface area is 190 Å². The standard InChI is InChI=1S/C25H21ClN2O2S/c1-16-10-17(2)12-20(11-16)30-14-24(29)27-19-7-5-6-18(13-19)23-15-31-25(28-23)21-8-3-4-9-22(21)26/h3-13,15H,14H2,1-2H3,(H,27,29). The summed E-state index contributed by atoms with van der Waals surface area (Å²) >= 11 is 7.83. The summed E-state index contributed by atoms with van der Waals surface area (Å²) in [7, 11) is 0. The predicted octanol–water partition coefficient (Wildman–Crippen LogP) is 6.76. The number of ether oxygens (including phenoxy) is 1. The number of rotatable bonds is 6. The Bertz CT molecular complexity index is 1220. The zero-order valence-electron chi connectivity index (χ0n) is 17.2. The van der Waals surface area contributed by atoms with Crippen LogP contribution in [0.1, 0.15) is 11.1 Å². The van der Waals surface area contributed by atoms with Crippen molar-refractivity contribution in [3.63, 3.8) is 0 Å². The molecule has 1 N–H and O–H groups in total. The number of carbonyl (C=O) groups is 1. The molecule has 4 rings (SSSR count). The fourth-order valence-electron chi connectivity index (χ4n) is 3.28. The van der Waals surface area contributed by atoms with Crippen LogP contribution >= 0.6 is 22.9 Å². The molecule has 3 aromatic carbocycles. The number of hydrogen-bond donors (Lipinski definition) is 1. The molecule has 0 radical (unpaired) electrons. The summed E-state index contributed by atoms with van der Waals surface area (Å²) in [5.41, 5.74) is 5.56. The van der Waals surface area contributed by atoms with Crippen molar-refractivity contribution < 1.29 is 9.53 Å². The van der Waals surface area contributed by atoms with E-state index in [9.17, 15) is 4.79 Å². The second-order valence-electron chi connectivity index (χ2n) is 7.26. The highest BCUT2D eigenvalue weighted by molar-refractivity contribution is 7.13. The lowest BCUT2D eigenvalue weighted by atomic mass is 10.1. The van der Waals surface area contributed by atoms with Gasteiger partial charge >= 0.3 is 0 Å². The van der Waals surface area contributed by atoms with Gasteiger partial charge in [-0.15, -0.1) is 11.3 Å². The van der Waals surface area contributed by atoms with E-state index in [1.807, 2.05) is 79.9 Å². The Kier molecular flexibility index (Phi) is 6.35. The number of nitrogens with zero attached hydrogens (tertiary/aromatic N) is 1. The van der Waals surface area contributed by atoms with Gasteiger partial charge in [-0.2, -0.15) is 0 Å². The first-order valence-electron chi connectivity index (χ1n) is 9.80. The molecule has 31 heavy (non-hydrogen) atoms. The highest BCUT2D eigenvalue weighted by Crippen LogP contribution is 2.33. The number of nitrogens with one attached hydrogen (secondary N) is 1. The van der Waals surface area contributed by atoms with Crippen molar-refractivity contribution in [3.05, 3.63) is 88.3 Å². The summed E-state index contributed by atoms with van der Waals surface area (Å²) in [5, 5.41) is 6.41. The van der Waals surface area contributed by atoms with Crippen LogP contribution < -0.4 is 10.1 Å². The van der Waals surface area contributed by atoms with Crippen LogP contribution in [0.2, 0.25) is 5.02 Å². The topological polar surface area (TPSA) is 51.2 Å². The molecule has 156 valence electrons. The first-order chi connectivity index (χ1) is 15.0. The fourth-order valence-corrected chi connectivity index (χ4v) is 4.43. The molecule has 1 heterocycles. The van der Waals surface area contributed by atoms with Crippen LogP contribution in [0.25, 0.3) is 21.8 Å². The summed E-state index contributed by atoms with van der Waals surface area (Å²) in [4.78, 5) is 17.1. The number of anilines is 1. The predicted molar refractivity (Wildman–Crippen MR) is 128 cm³/mol. The van der Waals surface area contributed by atoms with E-state index < -0.39 is 0 Å². The molecule has 0 aliphatic heterocycles. The van der Waals surface area contributed by atoms with E-state index in [0.29, 0.717) is 16.5 Å². The van der Waals surface area contributed by atoms with Crippen LogP contribution in [-0.4, -0.2) is 17.5 Å². The van der Waals surface area contributed by atoms with Gasteiger partial charge in [0, 0.05) is 22.2 Å². The molecule has 1 aromatic heterocycles. The van der Waals surface area contributed by atoms with Gasteiger partial charge in [0.2, 0.25) is 0 Å². The maximum absolute atomic E-state index is 12.4. The number of carbonyl (C=O) groups excluding carboxylic acids is 1. The Balaban J connectivity index is 1.44. The first kappa shape index (κ1) is 21.1. The lowest BCUT2D eigenvalue weighted by Crippen LogP contribution is -2.20.